The number of nitrogens with zero attached hydrogens (tertiary/aromatic N) is 1. The molecule has 2 aromatic rings. The summed E-state index contributed by atoms with van der Waals surface area (Å²) in [6.07, 6.45) is 2.42. The summed E-state index contributed by atoms with van der Waals surface area (Å²) in [7, 11) is 1.63. The third-order valence-corrected chi connectivity index (χ3v) is 3.50. The zero-order chi connectivity index (χ0) is 14.4. The molecule has 0 aromatic heterocycles. The van der Waals surface area contributed by atoms with Gasteiger partial charge in [-0.1, -0.05) is 30.0 Å². The average molecular weight is 287 g/mol. The molecule has 20 heavy (non-hydrogen) atoms. The highest BCUT2D eigenvalue weighted by atomic mass is 32.2. The van der Waals surface area contributed by atoms with E-state index in [-0.39, 0.29) is 0 Å². The molecule has 0 saturated heterocycles. The molecule has 2 aromatic carbocycles. The number of methoxy groups -OCH3 is 1. The fourth-order valence-corrected chi connectivity index (χ4v) is 2.56. The van der Waals surface area contributed by atoms with Crippen molar-refractivity contribution >= 4 is 17.8 Å². The van der Waals surface area contributed by atoms with Crippen molar-refractivity contribution < 1.29 is 9.66 Å². The second-order valence-corrected chi connectivity index (χ2v) is 5.10. The maximum Gasteiger partial charge on any atom is 0.235 e. The first-order chi connectivity index (χ1) is 9.67. The van der Waals surface area contributed by atoms with Gasteiger partial charge in [-0.05, 0) is 35.9 Å². The van der Waals surface area contributed by atoms with E-state index in [0.29, 0.717) is 0 Å². The maximum atomic E-state index is 10.3. The second kappa shape index (κ2) is 6.77. The minimum atomic E-state index is -0.470. The van der Waals surface area contributed by atoms with Crippen molar-refractivity contribution in [3.63, 3.8) is 0 Å². The molecule has 102 valence electrons. The van der Waals surface area contributed by atoms with E-state index in [1.54, 1.807) is 18.9 Å². The highest BCUT2D eigenvalue weighted by Crippen LogP contribution is 2.30. The first-order valence-corrected chi connectivity index (χ1v) is 6.73. The van der Waals surface area contributed by atoms with E-state index in [1.165, 1.54) is 6.08 Å². The van der Waals surface area contributed by atoms with Crippen LogP contribution in [0.1, 0.15) is 5.56 Å². The summed E-state index contributed by atoms with van der Waals surface area (Å²) >= 11 is 1.58. The quantitative estimate of drug-likeness (QED) is 0.614. The minimum Gasteiger partial charge on any atom is -0.497 e. The van der Waals surface area contributed by atoms with E-state index in [4.69, 9.17) is 4.74 Å². The lowest BCUT2D eigenvalue weighted by molar-refractivity contribution is -0.400. The first-order valence-electron chi connectivity index (χ1n) is 5.91. The molecule has 0 spiro atoms. The number of ether oxygens (including phenoxy) is 1. The van der Waals surface area contributed by atoms with Crippen LogP contribution < -0.4 is 4.74 Å². The number of hydrogen-bond acceptors (Lipinski definition) is 4. The van der Waals surface area contributed by atoms with Gasteiger partial charge in [0.1, 0.15) is 5.75 Å². The van der Waals surface area contributed by atoms with Crippen molar-refractivity contribution in [2.24, 2.45) is 0 Å². The van der Waals surface area contributed by atoms with Gasteiger partial charge in [-0.25, -0.2) is 0 Å². The van der Waals surface area contributed by atoms with Gasteiger partial charge in [0.15, 0.2) is 0 Å². The second-order valence-electron chi connectivity index (χ2n) is 3.95. The molecule has 0 aliphatic carbocycles. The van der Waals surface area contributed by atoms with E-state index in [9.17, 15) is 10.1 Å². The molecule has 0 bridgehead atoms. The summed E-state index contributed by atoms with van der Waals surface area (Å²) in [5.74, 6) is 0.805. The largest absolute Gasteiger partial charge is 0.497 e. The monoisotopic (exact) mass is 287 g/mol. The number of benzene rings is 2. The number of nitro groups is 1. The predicted octanol–water partition coefficient (Wildman–Crippen LogP) is 4.09. The third-order valence-electron chi connectivity index (χ3n) is 2.52. The van der Waals surface area contributed by atoms with E-state index in [2.05, 4.69) is 0 Å². The van der Waals surface area contributed by atoms with E-state index < -0.39 is 4.92 Å². The predicted molar refractivity (Wildman–Crippen MR) is 79.6 cm³/mol. The van der Waals surface area contributed by atoms with Crippen molar-refractivity contribution in [1.29, 1.82) is 0 Å². The summed E-state index contributed by atoms with van der Waals surface area (Å²) < 4.78 is 5.18. The Kier molecular flexibility index (Phi) is 4.79. The van der Waals surface area contributed by atoms with Crippen molar-refractivity contribution in [2.75, 3.05) is 7.11 Å². The van der Waals surface area contributed by atoms with Gasteiger partial charge in [0.2, 0.25) is 6.20 Å². The normalized spacial score (nSPS) is 10.7. The average Bonchev–Trinajstić information content (AvgIpc) is 2.46. The standard InChI is InChI=1S/C15H13NO3S/c1-19-13-5-3-7-15(11-13)20-14-6-2-4-12(10-14)8-9-16(17)18/h2-11H,1H3/b9-8+. The molecular weight excluding hydrogens is 274 g/mol. The Bertz CT molecular complexity index is 641. The smallest absolute Gasteiger partial charge is 0.235 e. The Morgan fingerprint density at radius 3 is 2.55 bits per heavy atom. The Morgan fingerprint density at radius 2 is 1.85 bits per heavy atom. The van der Waals surface area contributed by atoms with Gasteiger partial charge in [0.05, 0.1) is 12.0 Å². The molecule has 5 heteroatoms. The molecule has 2 rings (SSSR count). The lowest BCUT2D eigenvalue weighted by Crippen LogP contribution is -1.83. The summed E-state index contributed by atoms with van der Waals surface area (Å²) in [6.45, 7) is 0. The van der Waals surface area contributed by atoms with Gasteiger partial charge in [0.25, 0.3) is 0 Å². The summed E-state index contributed by atoms with van der Waals surface area (Å²) in [5.41, 5.74) is 0.801. The number of rotatable bonds is 5. The summed E-state index contributed by atoms with van der Waals surface area (Å²) in [5, 5.41) is 10.3. The molecule has 0 aliphatic heterocycles. The molecule has 0 amide bonds. The van der Waals surface area contributed by atoms with Crippen molar-refractivity contribution in [2.45, 2.75) is 9.79 Å². The van der Waals surface area contributed by atoms with Gasteiger partial charge in [0, 0.05) is 15.9 Å². The first kappa shape index (κ1) is 14.1. The molecule has 4 nitrogen and oxygen atoms in total. The highest BCUT2D eigenvalue weighted by Gasteiger charge is 2.00. The Hall–Kier alpha value is -2.27. The molecule has 0 aliphatic rings. The van der Waals surface area contributed by atoms with Gasteiger partial charge < -0.3 is 4.74 Å². The van der Waals surface area contributed by atoms with Crippen LogP contribution in [0.5, 0.6) is 5.75 Å². The molecule has 0 N–H and O–H groups in total. The fraction of sp³-hybridized carbons (Fsp3) is 0.0667. The Balaban J connectivity index is 2.16. The van der Waals surface area contributed by atoms with E-state index in [1.807, 2.05) is 48.5 Å². The summed E-state index contributed by atoms with van der Waals surface area (Å²) in [4.78, 5) is 11.9. The lowest BCUT2D eigenvalue weighted by atomic mass is 10.2. The van der Waals surface area contributed by atoms with E-state index >= 15 is 0 Å². The van der Waals surface area contributed by atoms with Gasteiger partial charge >= 0.3 is 0 Å². The molecule has 0 saturated carbocycles. The molecule has 0 heterocycles. The molecule has 0 fully saturated rings. The van der Waals surface area contributed by atoms with Crippen molar-refractivity contribution in [1.82, 2.24) is 0 Å². The maximum absolute atomic E-state index is 10.3. The van der Waals surface area contributed by atoms with Crippen LogP contribution in [0.2, 0.25) is 0 Å². The minimum absolute atomic E-state index is 0.470. The van der Waals surface area contributed by atoms with Crippen LogP contribution >= 0.6 is 11.8 Å². The van der Waals surface area contributed by atoms with Crippen molar-refractivity contribution in [3.8, 4) is 5.75 Å². The fourth-order valence-electron chi connectivity index (χ4n) is 1.63. The van der Waals surface area contributed by atoms with Crippen LogP contribution in [0.4, 0.5) is 0 Å². The molecule has 0 atom stereocenters. The van der Waals surface area contributed by atoms with Gasteiger partial charge in [-0.15, -0.1) is 0 Å². The van der Waals surface area contributed by atoms with Crippen molar-refractivity contribution in [3.05, 3.63) is 70.4 Å². The third kappa shape index (κ3) is 4.13. The van der Waals surface area contributed by atoms with Gasteiger partial charge in [-0.2, -0.15) is 0 Å². The van der Waals surface area contributed by atoms with Crippen LogP contribution in [0.25, 0.3) is 6.08 Å². The lowest BCUT2D eigenvalue weighted by Gasteiger charge is -2.05. The molecular formula is C15H13NO3S. The van der Waals surface area contributed by atoms with Crippen LogP contribution in [-0.4, -0.2) is 12.0 Å². The zero-order valence-electron chi connectivity index (χ0n) is 10.9. The van der Waals surface area contributed by atoms with Gasteiger partial charge in [-0.3, -0.25) is 10.1 Å². The topological polar surface area (TPSA) is 52.4 Å². The number of hydrogen-bond donors (Lipinski definition) is 0. The Morgan fingerprint density at radius 1 is 1.15 bits per heavy atom. The van der Waals surface area contributed by atoms with Crippen LogP contribution in [-0.2, 0) is 0 Å². The van der Waals surface area contributed by atoms with Crippen LogP contribution in [0.15, 0.2) is 64.5 Å². The molecule has 0 unspecified atom stereocenters. The van der Waals surface area contributed by atoms with Crippen LogP contribution in [0, 0.1) is 10.1 Å². The van der Waals surface area contributed by atoms with E-state index in [0.717, 1.165) is 27.3 Å². The summed E-state index contributed by atoms with van der Waals surface area (Å²) in [6, 6.07) is 15.3. The Labute approximate surface area is 121 Å². The molecule has 0 radical (unpaired) electrons. The van der Waals surface area contributed by atoms with Crippen LogP contribution in [0.3, 0.4) is 0 Å². The highest BCUT2D eigenvalue weighted by molar-refractivity contribution is 7.99. The zero-order valence-corrected chi connectivity index (χ0v) is 11.7. The SMILES string of the molecule is COc1cccc(Sc2cccc(/C=C/[N+](=O)[O-])c2)c1.